The maximum Gasteiger partial charge on any atom is 0.305 e. The number of aromatic amines is 1. The molecule has 1 fully saturated rings. The minimum absolute atomic E-state index is 0.0883. The van der Waals surface area contributed by atoms with Gasteiger partial charge in [0.15, 0.2) is 5.60 Å². The number of esters is 1. The van der Waals surface area contributed by atoms with E-state index in [1.165, 1.54) is 12.0 Å². The van der Waals surface area contributed by atoms with Gasteiger partial charge in [-0.1, -0.05) is 55.5 Å². The number of ether oxygens (including phenoxy) is 2. The molecule has 0 saturated carbocycles. The molecule has 6 rings (SSSR count). The number of anilines is 2. The first-order chi connectivity index (χ1) is 25.9. The van der Waals surface area contributed by atoms with E-state index in [9.17, 15) is 24.3 Å². The molecule has 54 heavy (non-hydrogen) atoms. The number of H-pyrrole nitrogens is 1. The first-order valence-corrected chi connectivity index (χ1v) is 21.5. The number of hydrogen-bond acceptors (Lipinski definition) is 7. The quantitative estimate of drug-likeness (QED) is 0.0566. The van der Waals surface area contributed by atoms with E-state index >= 15 is 4.11 Å². The average Bonchev–Trinajstić information content (AvgIpc) is 3.76. The highest BCUT2D eigenvalue weighted by Gasteiger charge is 2.67. The van der Waals surface area contributed by atoms with Crippen molar-refractivity contribution in [3.63, 3.8) is 0 Å². The Balaban J connectivity index is 1.32. The van der Waals surface area contributed by atoms with Crippen molar-refractivity contribution >= 4 is 54.4 Å². The minimum Gasteiger partial charge on any atom is -0.469 e. The molecular formula is C41H49FN4O7Si. The summed E-state index contributed by atoms with van der Waals surface area (Å²) >= 11 is 0. The molecule has 3 N–H and O–H groups in total. The summed E-state index contributed by atoms with van der Waals surface area (Å²) in [4.78, 5) is 60.4. The highest BCUT2D eigenvalue weighted by atomic mass is 28.4. The molecule has 286 valence electrons. The average molecular weight is 757 g/mol. The lowest BCUT2D eigenvalue weighted by Gasteiger charge is -2.31. The molecule has 3 amide bonds. The standard InChI is InChI=1S/C41H49FN4O7Si/c1-27-39(54(3,4)42)35(24-37(49)45(20-21-47)26-28-12-6-5-7-13-28)53-41(27)32-23-30(44-36(48)22-29-25-43-33-15-9-8-14-31(29)33)17-18-34(32)46(40(41)51)19-11-10-16-38(50)52-2/h5-9,12-15,17-18,23,25,27,35,39,43,47H,10-11,16,19-22,24,26H2,1-4H3,(H,44,48)/t27-,35+,39-,41+/m1/s1. The lowest BCUT2D eigenvalue weighted by atomic mass is 9.82. The van der Waals surface area contributed by atoms with Crippen LogP contribution in [0.5, 0.6) is 0 Å². The number of carbonyl (C=O) groups excluding carboxylic acids is 4. The Kier molecular flexibility index (Phi) is 11.7. The van der Waals surface area contributed by atoms with Crippen molar-refractivity contribution in [3.05, 3.63) is 95.7 Å². The number of benzene rings is 3. The van der Waals surface area contributed by atoms with Gasteiger partial charge in [-0.3, -0.25) is 19.2 Å². The Morgan fingerprint density at radius 2 is 1.81 bits per heavy atom. The molecule has 4 aromatic rings. The molecule has 0 unspecified atom stereocenters. The number of nitrogens with one attached hydrogen (secondary N) is 2. The summed E-state index contributed by atoms with van der Waals surface area (Å²) in [7, 11) is -2.26. The predicted octanol–water partition coefficient (Wildman–Crippen LogP) is 6.23. The number of nitrogens with zero attached hydrogens (tertiary/aromatic N) is 2. The SMILES string of the molecule is COC(=O)CCCCN1C(=O)[C@@]2(O[C@@H](CC(=O)N(CCO)Cc3ccccc3)[C@H]([Si](C)(C)F)[C@H]2C)c2cc(NC(=O)Cc3c[nH]c4ccccc34)ccc21. The van der Waals surface area contributed by atoms with Crippen LogP contribution in [0, 0.1) is 5.92 Å². The largest absolute Gasteiger partial charge is 0.469 e. The second kappa shape index (κ2) is 16.3. The molecule has 11 nitrogen and oxygen atoms in total. The number of unbranched alkanes of at least 4 members (excludes halogenated alkanes) is 1. The van der Waals surface area contributed by atoms with E-state index in [4.69, 9.17) is 9.47 Å². The van der Waals surface area contributed by atoms with Gasteiger partial charge >= 0.3 is 5.97 Å². The first-order valence-electron chi connectivity index (χ1n) is 18.5. The fourth-order valence-corrected chi connectivity index (χ4v) is 10.9. The number of aliphatic hydroxyl groups excluding tert-OH is 1. The van der Waals surface area contributed by atoms with Crippen molar-refractivity contribution in [2.75, 3.05) is 37.0 Å². The van der Waals surface area contributed by atoms with Crippen LogP contribution in [0.2, 0.25) is 18.6 Å². The second-order valence-electron chi connectivity index (χ2n) is 14.8. The van der Waals surface area contributed by atoms with Crippen LogP contribution in [-0.4, -0.2) is 80.0 Å². The van der Waals surface area contributed by atoms with E-state index in [0.717, 1.165) is 22.0 Å². The summed E-state index contributed by atoms with van der Waals surface area (Å²) in [5.74, 6) is -1.92. The first kappa shape index (κ1) is 38.9. The lowest BCUT2D eigenvalue weighted by molar-refractivity contribution is -0.149. The number of rotatable bonds is 15. The molecule has 2 aliphatic heterocycles. The molecule has 3 heterocycles. The van der Waals surface area contributed by atoms with Gasteiger partial charge in [-0.15, -0.1) is 0 Å². The van der Waals surface area contributed by atoms with Crippen LogP contribution in [0.3, 0.4) is 0 Å². The van der Waals surface area contributed by atoms with Crippen molar-refractivity contribution in [1.29, 1.82) is 0 Å². The van der Waals surface area contributed by atoms with E-state index in [2.05, 4.69) is 10.3 Å². The number of aromatic nitrogens is 1. The molecule has 1 aromatic heterocycles. The number of amides is 3. The molecule has 4 atom stereocenters. The van der Waals surface area contributed by atoms with Crippen LogP contribution in [0.15, 0.2) is 79.0 Å². The van der Waals surface area contributed by atoms with Gasteiger partial charge in [0.25, 0.3) is 5.91 Å². The van der Waals surface area contributed by atoms with Crippen LogP contribution in [0.4, 0.5) is 15.5 Å². The number of para-hydroxylation sites is 1. The smallest absolute Gasteiger partial charge is 0.305 e. The fourth-order valence-electron chi connectivity index (χ4n) is 8.36. The Bertz CT molecular complexity index is 2000. The van der Waals surface area contributed by atoms with Gasteiger partial charge in [-0.05, 0) is 61.3 Å². The van der Waals surface area contributed by atoms with Crippen molar-refractivity contribution in [2.45, 2.75) is 75.9 Å². The van der Waals surface area contributed by atoms with E-state index < -0.39 is 31.6 Å². The molecule has 13 heteroatoms. The lowest BCUT2D eigenvalue weighted by Crippen LogP contribution is -2.45. The maximum atomic E-state index is 16.5. The zero-order chi connectivity index (χ0) is 38.6. The van der Waals surface area contributed by atoms with Crippen LogP contribution < -0.4 is 10.2 Å². The van der Waals surface area contributed by atoms with Gasteiger partial charge in [-0.25, -0.2) is 0 Å². The molecular weight excluding hydrogens is 708 g/mol. The fraction of sp³-hybridized carbons (Fsp3) is 0.415. The molecule has 0 radical (unpaired) electrons. The monoisotopic (exact) mass is 756 g/mol. The highest BCUT2D eigenvalue weighted by molar-refractivity contribution is 6.72. The number of carbonyl (C=O) groups is 4. The van der Waals surface area contributed by atoms with E-state index in [1.807, 2.05) is 67.7 Å². The van der Waals surface area contributed by atoms with Crippen LogP contribution >= 0.6 is 0 Å². The van der Waals surface area contributed by atoms with Crippen molar-refractivity contribution < 1.29 is 37.9 Å². The van der Waals surface area contributed by atoms with Gasteiger partial charge in [-0.2, -0.15) is 0 Å². The molecule has 2 aliphatic rings. The third kappa shape index (κ3) is 7.84. The van der Waals surface area contributed by atoms with Gasteiger partial charge in [0.05, 0.1) is 38.3 Å². The second-order valence-corrected chi connectivity index (χ2v) is 18.6. The highest BCUT2D eigenvalue weighted by Crippen LogP contribution is 2.60. The normalized spacial score (nSPS) is 20.7. The summed E-state index contributed by atoms with van der Waals surface area (Å²) in [6.45, 7) is 5.36. The number of aliphatic hydroxyl groups is 1. The summed E-state index contributed by atoms with van der Waals surface area (Å²) in [5.41, 5.74) is 1.85. The third-order valence-electron chi connectivity index (χ3n) is 10.8. The summed E-state index contributed by atoms with van der Waals surface area (Å²) < 4.78 is 28.2. The summed E-state index contributed by atoms with van der Waals surface area (Å²) in [6.07, 6.45) is 2.03. The summed E-state index contributed by atoms with van der Waals surface area (Å²) in [6, 6.07) is 22.4. The Morgan fingerprint density at radius 3 is 2.54 bits per heavy atom. The molecule has 0 aliphatic carbocycles. The Hall–Kier alpha value is -4.85. The van der Waals surface area contributed by atoms with E-state index in [0.29, 0.717) is 29.8 Å². The Morgan fingerprint density at radius 1 is 1.07 bits per heavy atom. The predicted molar refractivity (Wildman–Crippen MR) is 207 cm³/mol. The van der Waals surface area contributed by atoms with Gasteiger partial charge in [0, 0.05) is 65.9 Å². The zero-order valence-electron chi connectivity index (χ0n) is 31.3. The number of hydrogen-bond donors (Lipinski definition) is 3. The van der Waals surface area contributed by atoms with Crippen LogP contribution in [0.1, 0.15) is 49.3 Å². The maximum absolute atomic E-state index is 16.5. The van der Waals surface area contributed by atoms with Gasteiger partial charge in [0.1, 0.15) is 0 Å². The van der Waals surface area contributed by atoms with E-state index in [-0.39, 0.29) is 69.2 Å². The number of fused-ring (bicyclic) bond motifs is 3. The Labute approximate surface area is 316 Å². The zero-order valence-corrected chi connectivity index (χ0v) is 32.3. The van der Waals surface area contributed by atoms with Gasteiger partial charge < -0.3 is 38.8 Å². The molecule has 3 aromatic carbocycles. The van der Waals surface area contributed by atoms with Crippen LogP contribution in [0.25, 0.3) is 10.9 Å². The van der Waals surface area contributed by atoms with Crippen molar-refractivity contribution in [1.82, 2.24) is 9.88 Å². The molecule has 0 bridgehead atoms. The van der Waals surface area contributed by atoms with Crippen LogP contribution in [-0.2, 0) is 47.2 Å². The summed E-state index contributed by atoms with van der Waals surface area (Å²) in [5, 5.41) is 13.8. The third-order valence-corrected chi connectivity index (χ3v) is 13.3. The molecule has 1 spiro atoms. The minimum atomic E-state index is -3.60. The molecule has 1 saturated heterocycles. The number of methoxy groups -OCH3 is 1. The van der Waals surface area contributed by atoms with Crippen molar-refractivity contribution in [3.8, 4) is 0 Å². The van der Waals surface area contributed by atoms with E-state index in [1.54, 1.807) is 36.2 Å². The van der Waals surface area contributed by atoms with Crippen molar-refractivity contribution in [2.24, 2.45) is 5.92 Å². The number of halogens is 1. The topological polar surface area (TPSA) is 141 Å². The van der Waals surface area contributed by atoms with Gasteiger partial charge in [0.2, 0.25) is 20.2 Å².